The third-order valence-corrected chi connectivity index (χ3v) is 6.79. The highest BCUT2D eigenvalue weighted by Gasteiger charge is 2.24. The quantitative estimate of drug-likeness (QED) is 0.475. The Morgan fingerprint density at radius 1 is 1.10 bits per heavy atom. The molecule has 1 saturated heterocycles. The van der Waals surface area contributed by atoms with Crippen LogP contribution in [0, 0.1) is 5.92 Å². The molecule has 1 aliphatic rings. The van der Waals surface area contributed by atoms with Crippen molar-refractivity contribution in [1.82, 2.24) is 4.90 Å². The zero-order valence-electron chi connectivity index (χ0n) is 18.1. The van der Waals surface area contributed by atoms with E-state index in [9.17, 15) is 4.79 Å². The summed E-state index contributed by atoms with van der Waals surface area (Å²) in [6.45, 7) is 7.41. The number of amides is 1. The summed E-state index contributed by atoms with van der Waals surface area (Å²) in [6.07, 6.45) is 2.01. The van der Waals surface area contributed by atoms with E-state index in [1.807, 2.05) is 17.0 Å². The van der Waals surface area contributed by atoms with Crippen LogP contribution in [0.2, 0.25) is 10.0 Å². The Balaban J connectivity index is 1.59. The lowest BCUT2D eigenvalue weighted by atomic mass is 9.96. The van der Waals surface area contributed by atoms with E-state index in [0.717, 1.165) is 29.5 Å². The van der Waals surface area contributed by atoms with Crippen LogP contribution in [0.4, 0.5) is 5.69 Å². The van der Waals surface area contributed by atoms with Crippen molar-refractivity contribution in [3.63, 3.8) is 0 Å². The fraction of sp³-hybridized carbons (Fsp3) is 0.458. The zero-order chi connectivity index (χ0) is 22.5. The molecule has 7 heteroatoms. The number of benzene rings is 2. The van der Waals surface area contributed by atoms with Crippen LogP contribution in [-0.2, 0) is 11.2 Å². The van der Waals surface area contributed by atoms with E-state index in [1.165, 1.54) is 11.3 Å². The molecule has 2 aromatic carbocycles. The molecule has 1 atom stereocenters. The van der Waals surface area contributed by atoms with E-state index in [2.05, 4.69) is 52.9 Å². The smallest absolute Gasteiger partial charge is 0.223 e. The Bertz CT molecular complexity index is 914. The molecular weight excluding hydrogens is 497 g/mol. The van der Waals surface area contributed by atoms with Crippen LogP contribution in [-0.4, -0.2) is 37.0 Å². The van der Waals surface area contributed by atoms with E-state index in [-0.39, 0.29) is 11.9 Å². The summed E-state index contributed by atoms with van der Waals surface area (Å²) in [5.74, 6) is 0.698. The molecule has 1 unspecified atom stereocenters. The Morgan fingerprint density at radius 3 is 2.45 bits per heavy atom. The average molecular weight is 527 g/mol. The molecule has 1 amide bonds. The minimum absolute atomic E-state index is 0.00344. The van der Waals surface area contributed by atoms with Gasteiger partial charge in [-0.15, -0.1) is 0 Å². The van der Waals surface area contributed by atoms with Gasteiger partial charge in [-0.1, -0.05) is 59.0 Å². The second kappa shape index (κ2) is 11.0. The molecule has 31 heavy (non-hydrogen) atoms. The van der Waals surface area contributed by atoms with Crippen LogP contribution in [0.1, 0.15) is 43.9 Å². The summed E-state index contributed by atoms with van der Waals surface area (Å²) in [5, 5.41) is 1.22. The van der Waals surface area contributed by atoms with Crippen LogP contribution in [0.3, 0.4) is 0 Å². The van der Waals surface area contributed by atoms with E-state index < -0.39 is 0 Å². The van der Waals surface area contributed by atoms with Gasteiger partial charge in [-0.2, -0.15) is 0 Å². The molecule has 0 saturated carbocycles. The fourth-order valence-corrected chi connectivity index (χ4v) is 4.95. The highest BCUT2D eigenvalue weighted by Crippen LogP contribution is 2.32. The fourth-order valence-electron chi connectivity index (χ4n) is 4.07. The number of nitrogens with two attached hydrogens (primary N) is 1. The highest BCUT2D eigenvalue weighted by molar-refractivity contribution is 9.10. The lowest BCUT2D eigenvalue weighted by Gasteiger charge is -2.38. The number of hydrogen-bond donors (Lipinski definition) is 1. The van der Waals surface area contributed by atoms with Gasteiger partial charge in [0.2, 0.25) is 5.91 Å². The molecular formula is C24H30BrCl2N3O. The first-order valence-electron chi connectivity index (χ1n) is 10.8. The largest absolute Gasteiger partial charge is 0.368 e. The Labute approximate surface area is 203 Å². The molecule has 2 N–H and O–H groups in total. The lowest BCUT2D eigenvalue weighted by molar-refractivity contribution is -0.131. The number of rotatable bonds is 7. The molecule has 4 nitrogen and oxygen atoms in total. The van der Waals surface area contributed by atoms with Gasteiger partial charge in [-0.25, -0.2) is 0 Å². The Morgan fingerprint density at radius 2 is 1.81 bits per heavy atom. The van der Waals surface area contributed by atoms with Crippen molar-refractivity contribution >= 4 is 50.7 Å². The number of aryl methyl sites for hydroxylation is 1. The summed E-state index contributed by atoms with van der Waals surface area (Å²) >= 11 is 15.8. The summed E-state index contributed by atoms with van der Waals surface area (Å²) in [6, 6.07) is 11.8. The van der Waals surface area contributed by atoms with Crippen molar-refractivity contribution in [1.29, 1.82) is 0 Å². The Kier molecular flexibility index (Phi) is 8.68. The number of hydrogen-bond acceptors (Lipinski definition) is 3. The predicted molar refractivity (Wildman–Crippen MR) is 134 cm³/mol. The Hall–Kier alpha value is -1.27. The van der Waals surface area contributed by atoms with Crippen LogP contribution in [0.5, 0.6) is 0 Å². The van der Waals surface area contributed by atoms with Gasteiger partial charge >= 0.3 is 0 Å². The van der Waals surface area contributed by atoms with Gasteiger partial charge in [0.1, 0.15) is 0 Å². The van der Waals surface area contributed by atoms with Gasteiger partial charge < -0.3 is 15.5 Å². The van der Waals surface area contributed by atoms with Gasteiger partial charge in [0.25, 0.3) is 0 Å². The van der Waals surface area contributed by atoms with Crippen molar-refractivity contribution in [3.8, 4) is 0 Å². The van der Waals surface area contributed by atoms with Crippen LogP contribution < -0.4 is 10.6 Å². The second-order valence-corrected chi connectivity index (χ2v) is 10.3. The third-order valence-electron chi connectivity index (χ3n) is 5.71. The van der Waals surface area contributed by atoms with E-state index in [4.69, 9.17) is 28.9 Å². The molecule has 0 aromatic heterocycles. The topological polar surface area (TPSA) is 49.6 Å². The summed E-state index contributed by atoms with van der Waals surface area (Å²) < 4.78 is 1.04. The van der Waals surface area contributed by atoms with Gasteiger partial charge in [0.05, 0.1) is 0 Å². The molecule has 0 spiro atoms. The first-order chi connectivity index (χ1) is 14.7. The molecule has 3 rings (SSSR count). The van der Waals surface area contributed by atoms with Gasteiger partial charge in [0, 0.05) is 58.8 Å². The average Bonchev–Trinajstić information content (AvgIpc) is 2.72. The standard InChI is InChI=1S/C24H30BrCl2N3O/c1-16(2)13-22(28)20-14-18(25)5-7-23(20)29-9-11-30(12-10-29)24(31)8-4-17-3-6-19(26)15-21(17)27/h3,5-7,14-16,22H,4,8-13,28H2,1-2H3. The normalized spacial score (nSPS) is 15.5. The number of piperazine rings is 1. The van der Waals surface area contributed by atoms with Gasteiger partial charge in [-0.05, 0) is 60.2 Å². The lowest BCUT2D eigenvalue weighted by Crippen LogP contribution is -2.49. The number of halogens is 3. The molecule has 1 fully saturated rings. The van der Waals surface area contributed by atoms with Crippen LogP contribution in [0.25, 0.3) is 0 Å². The molecule has 1 aliphatic heterocycles. The molecule has 0 aliphatic carbocycles. The number of anilines is 1. The van der Waals surface area contributed by atoms with Crippen LogP contribution >= 0.6 is 39.1 Å². The maximum atomic E-state index is 12.7. The molecule has 2 aromatic rings. The summed E-state index contributed by atoms with van der Waals surface area (Å²) in [7, 11) is 0. The van der Waals surface area contributed by atoms with Crippen LogP contribution in [0.15, 0.2) is 40.9 Å². The maximum Gasteiger partial charge on any atom is 0.223 e. The number of nitrogens with zero attached hydrogens (tertiary/aromatic N) is 2. The SMILES string of the molecule is CC(C)CC(N)c1cc(Br)ccc1N1CCN(C(=O)CCc2ccc(Cl)cc2Cl)CC1. The first-order valence-corrected chi connectivity index (χ1v) is 12.3. The third kappa shape index (κ3) is 6.61. The molecule has 0 bridgehead atoms. The first kappa shape index (κ1) is 24.4. The van der Waals surface area contributed by atoms with Crippen molar-refractivity contribution in [3.05, 3.63) is 62.0 Å². The van der Waals surface area contributed by atoms with Crippen molar-refractivity contribution in [2.24, 2.45) is 11.7 Å². The number of carbonyl (C=O) groups is 1. The van der Waals surface area contributed by atoms with E-state index in [0.29, 0.717) is 41.9 Å². The van der Waals surface area contributed by atoms with E-state index in [1.54, 1.807) is 6.07 Å². The monoisotopic (exact) mass is 525 g/mol. The van der Waals surface area contributed by atoms with Gasteiger partial charge in [-0.3, -0.25) is 4.79 Å². The van der Waals surface area contributed by atoms with Crippen molar-refractivity contribution < 1.29 is 4.79 Å². The number of carbonyl (C=O) groups excluding carboxylic acids is 1. The van der Waals surface area contributed by atoms with Crippen molar-refractivity contribution in [2.45, 2.75) is 39.2 Å². The molecule has 0 radical (unpaired) electrons. The highest BCUT2D eigenvalue weighted by atomic mass is 79.9. The predicted octanol–water partition coefficient (Wildman–Crippen LogP) is 6.08. The summed E-state index contributed by atoms with van der Waals surface area (Å²) in [5.41, 5.74) is 9.83. The minimum atomic E-state index is -0.00344. The molecule has 168 valence electrons. The molecule has 1 heterocycles. The van der Waals surface area contributed by atoms with E-state index >= 15 is 0 Å². The zero-order valence-corrected chi connectivity index (χ0v) is 21.2. The second-order valence-electron chi connectivity index (χ2n) is 8.54. The summed E-state index contributed by atoms with van der Waals surface area (Å²) in [4.78, 5) is 17.0. The van der Waals surface area contributed by atoms with Gasteiger partial charge in [0.15, 0.2) is 0 Å². The minimum Gasteiger partial charge on any atom is -0.368 e. The maximum absolute atomic E-state index is 12.7. The van der Waals surface area contributed by atoms with Crippen molar-refractivity contribution in [2.75, 3.05) is 31.1 Å².